The van der Waals surface area contributed by atoms with Crippen molar-refractivity contribution in [1.29, 1.82) is 5.26 Å². The molecule has 0 unspecified atom stereocenters. The lowest BCUT2D eigenvalue weighted by molar-refractivity contribution is 0.470. The fourth-order valence-electron chi connectivity index (χ4n) is 1.65. The van der Waals surface area contributed by atoms with E-state index in [4.69, 9.17) is 9.44 Å². The van der Waals surface area contributed by atoms with Crippen molar-refractivity contribution in [3.8, 4) is 11.9 Å². The Kier molecular flexibility index (Phi) is 4.68. The van der Waals surface area contributed by atoms with Crippen molar-refractivity contribution in [3.05, 3.63) is 47.4 Å². The van der Waals surface area contributed by atoms with Gasteiger partial charge in [0.2, 0.25) is 0 Å². The standard InChI is InChI=1S/C14H14N4O3S/c1-10(2)13-5-3-11(8-16-13)9-22(19,20)21-14-6-4-12(7-15)17-18-14/h3-6,8,10H,9H2,1-2H3. The molecule has 8 heteroatoms. The van der Waals surface area contributed by atoms with Crippen molar-refractivity contribution in [2.24, 2.45) is 0 Å². The molecule has 0 bridgehead atoms. The maximum absolute atomic E-state index is 12.0. The molecule has 2 heterocycles. The van der Waals surface area contributed by atoms with Crippen LogP contribution in [0.25, 0.3) is 0 Å². The Morgan fingerprint density at radius 1 is 1.23 bits per heavy atom. The predicted octanol–water partition coefficient (Wildman–Crippen LogP) is 1.78. The number of nitrogens with zero attached hydrogens (tertiary/aromatic N) is 4. The first-order valence-electron chi connectivity index (χ1n) is 6.50. The normalized spacial score (nSPS) is 11.2. The van der Waals surface area contributed by atoms with E-state index in [1.807, 2.05) is 13.8 Å². The number of rotatable bonds is 5. The molecule has 22 heavy (non-hydrogen) atoms. The van der Waals surface area contributed by atoms with Crippen molar-refractivity contribution in [2.45, 2.75) is 25.5 Å². The molecule has 0 spiro atoms. The summed E-state index contributed by atoms with van der Waals surface area (Å²) in [5.74, 6) is -0.221. The summed E-state index contributed by atoms with van der Waals surface area (Å²) in [6.45, 7) is 4.01. The predicted molar refractivity (Wildman–Crippen MR) is 78.3 cm³/mol. The van der Waals surface area contributed by atoms with Gasteiger partial charge in [-0.05, 0) is 23.6 Å². The smallest absolute Gasteiger partial charge is 0.315 e. The minimum absolute atomic E-state index is 0.0817. The molecule has 7 nitrogen and oxygen atoms in total. The van der Waals surface area contributed by atoms with E-state index in [0.29, 0.717) is 5.56 Å². The first kappa shape index (κ1) is 15.9. The molecule has 2 aromatic rings. The third kappa shape index (κ3) is 4.23. The largest absolute Gasteiger partial charge is 0.360 e. The molecule has 0 fully saturated rings. The Morgan fingerprint density at radius 2 is 2.00 bits per heavy atom. The van der Waals surface area contributed by atoms with E-state index in [9.17, 15) is 8.42 Å². The quantitative estimate of drug-likeness (QED) is 0.773. The summed E-state index contributed by atoms with van der Waals surface area (Å²) in [6.07, 6.45) is 1.51. The summed E-state index contributed by atoms with van der Waals surface area (Å²) in [7, 11) is -3.87. The molecule has 0 aromatic carbocycles. The average Bonchev–Trinajstić information content (AvgIpc) is 2.47. The Hall–Kier alpha value is -2.53. The van der Waals surface area contributed by atoms with E-state index in [1.54, 1.807) is 18.2 Å². The molecule has 0 radical (unpaired) electrons. The van der Waals surface area contributed by atoms with E-state index in [2.05, 4.69) is 15.2 Å². The van der Waals surface area contributed by atoms with Crippen LogP contribution in [0.5, 0.6) is 5.88 Å². The molecule has 0 aliphatic carbocycles. The first-order valence-corrected chi connectivity index (χ1v) is 8.08. The van der Waals surface area contributed by atoms with E-state index >= 15 is 0 Å². The van der Waals surface area contributed by atoms with E-state index in [0.717, 1.165) is 5.69 Å². The van der Waals surface area contributed by atoms with Crippen LogP contribution in [0.1, 0.15) is 36.7 Å². The highest BCUT2D eigenvalue weighted by molar-refractivity contribution is 7.86. The Morgan fingerprint density at radius 3 is 2.50 bits per heavy atom. The summed E-state index contributed by atoms with van der Waals surface area (Å²) < 4.78 is 28.8. The summed E-state index contributed by atoms with van der Waals surface area (Å²) in [6, 6.07) is 7.89. The van der Waals surface area contributed by atoms with Gasteiger partial charge in [0.15, 0.2) is 5.69 Å². The summed E-state index contributed by atoms with van der Waals surface area (Å²) in [5.41, 5.74) is 1.49. The van der Waals surface area contributed by atoms with Gasteiger partial charge in [0.05, 0.1) is 0 Å². The second-order valence-corrected chi connectivity index (χ2v) is 6.47. The molecule has 114 valence electrons. The highest BCUT2D eigenvalue weighted by Crippen LogP contribution is 2.15. The van der Waals surface area contributed by atoms with Gasteiger partial charge in [0.25, 0.3) is 5.88 Å². The van der Waals surface area contributed by atoms with E-state index < -0.39 is 10.1 Å². The Labute approximate surface area is 128 Å². The van der Waals surface area contributed by atoms with Crippen LogP contribution in [0.15, 0.2) is 30.5 Å². The SMILES string of the molecule is CC(C)c1ccc(CS(=O)(=O)Oc2ccc(C#N)nn2)cn1. The van der Waals surface area contributed by atoms with Gasteiger partial charge in [-0.25, -0.2) is 0 Å². The third-order valence-corrected chi connectivity index (χ3v) is 3.86. The Bertz CT molecular complexity index is 778. The van der Waals surface area contributed by atoms with Gasteiger partial charge in [-0.2, -0.15) is 13.7 Å². The van der Waals surface area contributed by atoms with Crippen LogP contribution in [-0.2, 0) is 15.9 Å². The van der Waals surface area contributed by atoms with Gasteiger partial charge in [-0.1, -0.05) is 19.9 Å². The van der Waals surface area contributed by atoms with Crippen LogP contribution in [0.3, 0.4) is 0 Å². The molecule has 0 N–H and O–H groups in total. The monoisotopic (exact) mass is 318 g/mol. The van der Waals surface area contributed by atoms with Crippen LogP contribution in [0.2, 0.25) is 0 Å². The average molecular weight is 318 g/mol. The van der Waals surface area contributed by atoms with Gasteiger partial charge in [0.1, 0.15) is 11.8 Å². The number of pyridine rings is 1. The maximum atomic E-state index is 12.0. The zero-order valence-electron chi connectivity index (χ0n) is 12.1. The molecular weight excluding hydrogens is 304 g/mol. The summed E-state index contributed by atoms with van der Waals surface area (Å²) in [5, 5.41) is 15.6. The topological polar surface area (TPSA) is 106 Å². The van der Waals surface area contributed by atoms with Crippen molar-refractivity contribution in [2.75, 3.05) is 0 Å². The van der Waals surface area contributed by atoms with Crippen molar-refractivity contribution in [3.63, 3.8) is 0 Å². The van der Waals surface area contributed by atoms with Crippen molar-refractivity contribution < 1.29 is 12.6 Å². The summed E-state index contributed by atoms with van der Waals surface area (Å²) >= 11 is 0. The van der Waals surface area contributed by atoms with Crippen LogP contribution >= 0.6 is 0 Å². The van der Waals surface area contributed by atoms with Crippen LogP contribution < -0.4 is 4.18 Å². The lowest BCUT2D eigenvalue weighted by Crippen LogP contribution is -2.13. The lowest BCUT2D eigenvalue weighted by atomic mass is 10.1. The minimum atomic E-state index is -3.87. The minimum Gasteiger partial charge on any atom is -0.360 e. The van der Waals surface area contributed by atoms with Gasteiger partial charge < -0.3 is 4.18 Å². The molecule has 0 aliphatic heterocycles. The second-order valence-electron chi connectivity index (χ2n) is 4.90. The fraction of sp³-hybridized carbons (Fsp3) is 0.286. The molecular formula is C14H14N4O3S. The molecule has 2 aromatic heterocycles. The molecule has 0 amide bonds. The van der Waals surface area contributed by atoms with Gasteiger partial charge in [0, 0.05) is 18.0 Å². The Balaban J connectivity index is 2.08. The van der Waals surface area contributed by atoms with Gasteiger partial charge >= 0.3 is 10.1 Å². The molecule has 0 aliphatic rings. The third-order valence-electron chi connectivity index (χ3n) is 2.75. The number of hydrogen-bond donors (Lipinski definition) is 0. The van der Waals surface area contributed by atoms with Crippen molar-refractivity contribution >= 4 is 10.1 Å². The highest BCUT2D eigenvalue weighted by Gasteiger charge is 2.16. The zero-order chi connectivity index (χ0) is 16.2. The molecule has 2 rings (SSSR count). The fourth-order valence-corrected chi connectivity index (χ4v) is 2.64. The van der Waals surface area contributed by atoms with Crippen LogP contribution in [-0.4, -0.2) is 23.6 Å². The number of aromatic nitrogens is 3. The lowest BCUT2D eigenvalue weighted by Gasteiger charge is -2.07. The van der Waals surface area contributed by atoms with Gasteiger partial charge in [-0.3, -0.25) is 4.98 Å². The van der Waals surface area contributed by atoms with Crippen LogP contribution in [0, 0.1) is 11.3 Å². The van der Waals surface area contributed by atoms with E-state index in [-0.39, 0.29) is 23.2 Å². The first-order chi connectivity index (χ1) is 10.4. The molecule has 0 saturated carbocycles. The highest BCUT2D eigenvalue weighted by atomic mass is 32.2. The number of nitriles is 1. The van der Waals surface area contributed by atoms with Crippen molar-refractivity contribution in [1.82, 2.24) is 15.2 Å². The second kappa shape index (κ2) is 6.49. The zero-order valence-corrected chi connectivity index (χ0v) is 12.9. The maximum Gasteiger partial charge on any atom is 0.315 e. The van der Waals surface area contributed by atoms with Gasteiger partial charge in [-0.15, -0.1) is 10.2 Å². The van der Waals surface area contributed by atoms with E-state index in [1.165, 1.54) is 18.3 Å². The summed E-state index contributed by atoms with van der Waals surface area (Å²) in [4.78, 5) is 4.21. The molecule has 0 atom stereocenters. The molecule has 0 saturated heterocycles. The van der Waals surface area contributed by atoms with Crippen LogP contribution in [0.4, 0.5) is 0 Å². The number of hydrogen-bond acceptors (Lipinski definition) is 7.